The van der Waals surface area contributed by atoms with Gasteiger partial charge in [-0.3, -0.25) is 14.9 Å². The molecule has 0 aromatic heterocycles. The fourth-order valence-electron chi connectivity index (χ4n) is 2.68. The van der Waals surface area contributed by atoms with E-state index in [9.17, 15) is 20.0 Å². The standard InChI is InChI=1S/C14H18N2O4/c17-9-12-3-1-2-11(12)8-15-14(18)10-4-6-13(7-5-10)16(19)20/h4-7,11-12,17H,1-3,8-9H2,(H,15,18). The molecule has 1 saturated carbocycles. The molecule has 1 aromatic rings. The second-order valence-corrected chi connectivity index (χ2v) is 5.15. The van der Waals surface area contributed by atoms with Gasteiger partial charge in [0.25, 0.3) is 11.6 Å². The van der Waals surface area contributed by atoms with Crippen LogP contribution in [-0.4, -0.2) is 29.1 Å². The number of benzene rings is 1. The second-order valence-electron chi connectivity index (χ2n) is 5.15. The van der Waals surface area contributed by atoms with Crippen molar-refractivity contribution in [2.24, 2.45) is 11.8 Å². The summed E-state index contributed by atoms with van der Waals surface area (Å²) in [6, 6.07) is 5.54. The van der Waals surface area contributed by atoms with Crippen LogP contribution in [0.2, 0.25) is 0 Å². The van der Waals surface area contributed by atoms with Crippen LogP contribution < -0.4 is 5.32 Å². The number of non-ortho nitro benzene ring substituents is 1. The van der Waals surface area contributed by atoms with E-state index in [1.165, 1.54) is 24.3 Å². The van der Waals surface area contributed by atoms with Crippen molar-refractivity contribution in [2.75, 3.05) is 13.2 Å². The zero-order chi connectivity index (χ0) is 14.5. The van der Waals surface area contributed by atoms with Crippen LogP contribution in [0.5, 0.6) is 0 Å². The Balaban J connectivity index is 1.90. The molecule has 1 fully saturated rings. The molecule has 2 unspecified atom stereocenters. The summed E-state index contributed by atoms with van der Waals surface area (Å²) in [5, 5.41) is 22.6. The van der Waals surface area contributed by atoms with Crippen molar-refractivity contribution in [1.29, 1.82) is 0 Å². The monoisotopic (exact) mass is 278 g/mol. The quantitative estimate of drug-likeness (QED) is 0.633. The van der Waals surface area contributed by atoms with Crippen molar-refractivity contribution in [1.82, 2.24) is 5.32 Å². The third-order valence-corrected chi connectivity index (χ3v) is 3.92. The van der Waals surface area contributed by atoms with Crippen LogP contribution >= 0.6 is 0 Å². The molecule has 1 aliphatic carbocycles. The molecule has 1 aliphatic rings. The molecule has 0 aliphatic heterocycles. The predicted octanol–water partition coefficient (Wildman–Crippen LogP) is 1.73. The number of nitrogens with one attached hydrogen (secondary N) is 1. The van der Waals surface area contributed by atoms with Gasteiger partial charge in [-0.25, -0.2) is 0 Å². The summed E-state index contributed by atoms with van der Waals surface area (Å²) in [4.78, 5) is 22.0. The second kappa shape index (κ2) is 6.47. The van der Waals surface area contributed by atoms with Crippen molar-refractivity contribution in [3.8, 4) is 0 Å². The zero-order valence-electron chi connectivity index (χ0n) is 11.1. The molecule has 6 heteroatoms. The average Bonchev–Trinajstić information content (AvgIpc) is 2.92. The summed E-state index contributed by atoms with van der Waals surface area (Å²) in [7, 11) is 0. The molecule has 6 nitrogen and oxygen atoms in total. The fraction of sp³-hybridized carbons (Fsp3) is 0.500. The SMILES string of the molecule is O=C(NCC1CCCC1CO)c1ccc([N+](=O)[O-])cc1. The van der Waals surface area contributed by atoms with Crippen LogP contribution in [0, 0.1) is 22.0 Å². The van der Waals surface area contributed by atoms with Crippen LogP contribution in [0.4, 0.5) is 5.69 Å². The van der Waals surface area contributed by atoms with Crippen molar-refractivity contribution in [2.45, 2.75) is 19.3 Å². The Morgan fingerprint density at radius 3 is 2.55 bits per heavy atom. The molecule has 0 spiro atoms. The lowest BCUT2D eigenvalue weighted by molar-refractivity contribution is -0.384. The lowest BCUT2D eigenvalue weighted by Gasteiger charge is -2.17. The molecule has 20 heavy (non-hydrogen) atoms. The molecule has 2 N–H and O–H groups in total. The Bertz CT molecular complexity index is 486. The van der Waals surface area contributed by atoms with Crippen molar-refractivity contribution < 1.29 is 14.8 Å². The van der Waals surface area contributed by atoms with E-state index in [0.717, 1.165) is 19.3 Å². The Labute approximate surface area is 117 Å². The van der Waals surface area contributed by atoms with E-state index >= 15 is 0 Å². The molecule has 1 amide bonds. The molecule has 0 saturated heterocycles. The Morgan fingerprint density at radius 1 is 1.30 bits per heavy atom. The fourth-order valence-corrected chi connectivity index (χ4v) is 2.68. The lowest BCUT2D eigenvalue weighted by Crippen LogP contribution is -2.31. The third-order valence-electron chi connectivity index (χ3n) is 3.92. The Morgan fingerprint density at radius 2 is 1.95 bits per heavy atom. The minimum absolute atomic E-state index is 0.0299. The minimum Gasteiger partial charge on any atom is -0.396 e. The third kappa shape index (κ3) is 3.33. The maximum absolute atomic E-state index is 11.9. The molecule has 2 rings (SSSR count). The number of aliphatic hydroxyl groups excluding tert-OH is 1. The summed E-state index contributed by atoms with van der Waals surface area (Å²) in [6.45, 7) is 0.707. The van der Waals surface area contributed by atoms with E-state index in [0.29, 0.717) is 18.0 Å². The molecule has 2 atom stereocenters. The summed E-state index contributed by atoms with van der Waals surface area (Å²) in [5.41, 5.74) is 0.381. The highest BCUT2D eigenvalue weighted by molar-refractivity contribution is 5.94. The number of hydrogen-bond donors (Lipinski definition) is 2. The number of nitro groups is 1. The van der Waals surface area contributed by atoms with Gasteiger partial charge < -0.3 is 10.4 Å². The van der Waals surface area contributed by atoms with Crippen LogP contribution in [-0.2, 0) is 0 Å². The van der Waals surface area contributed by atoms with Gasteiger partial charge in [-0.15, -0.1) is 0 Å². The van der Waals surface area contributed by atoms with Gasteiger partial charge >= 0.3 is 0 Å². The molecular formula is C14H18N2O4. The van der Waals surface area contributed by atoms with Gasteiger partial charge in [-0.2, -0.15) is 0 Å². The summed E-state index contributed by atoms with van der Waals surface area (Å²) in [5.74, 6) is 0.359. The number of carbonyl (C=O) groups is 1. The van der Waals surface area contributed by atoms with E-state index in [-0.39, 0.29) is 24.1 Å². The number of carbonyl (C=O) groups excluding carboxylic acids is 1. The molecule has 0 bridgehead atoms. The molecule has 0 heterocycles. The molecule has 108 valence electrons. The normalized spacial score (nSPS) is 21.6. The first-order valence-corrected chi connectivity index (χ1v) is 6.75. The van der Waals surface area contributed by atoms with Gasteiger partial charge in [0.2, 0.25) is 0 Å². The van der Waals surface area contributed by atoms with Crippen LogP contribution in [0.3, 0.4) is 0 Å². The maximum atomic E-state index is 11.9. The highest BCUT2D eigenvalue weighted by Gasteiger charge is 2.26. The summed E-state index contributed by atoms with van der Waals surface area (Å²) >= 11 is 0. The first-order chi connectivity index (χ1) is 9.61. The summed E-state index contributed by atoms with van der Waals surface area (Å²) in [6.07, 6.45) is 3.11. The average molecular weight is 278 g/mol. The summed E-state index contributed by atoms with van der Waals surface area (Å²) < 4.78 is 0. The van der Waals surface area contributed by atoms with Gasteiger partial charge in [-0.05, 0) is 36.8 Å². The van der Waals surface area contributed by atoms with E-state index in [4.69, 9.17) is 0 Å². The smallest absolute Gasteiger partial charge is 0.269 e. The van der Waals surface area contributed by atoms with Gasteiger partial charge in [-0.1, -0.05) is 6.42 Å². The highest BCUT2D eigenvalue weighted by atomic mass is 16.6. The number of nitrogens with zero attached hydrogens (tertiary/aromatic N) is 1. The number of hydrogen-bond acceptors (Lipinski definition) is 4. The van der Waals surface area contributed by atoms with E-state index < -0.39 is 4.92 Å². The van der Waals surface area contributed by atoms with Crippen LogP contribution in [0.1, 0.15) is 29.6 Å². The number of nitro benzene ring substituents is 1. The number of amides is 1. The number of rotatable bonds is 5. The first kappa shape index (κ1) is 14.5. The van der Waals surface area contributed by atoms with Crippen molar-refractivity contribution >= 4 is 11.6 Å². The van der Waals surface area contributed by atoms with Gasteiger partial charge in [0.1, 0.15) is 0 Å². The Kier molecular flexibility index (Phi) is 4.68. The molecule has 1 aromatic carbocycles. The van der Waals surface area contributed by atoms with Crippen LogP contribution in [0.25, 0.3) is 0 Å². The number of aliphatic hydroxyl groups is 1. The van der Waals surface area contributed by atoms with Crippen LogP contribution in [0.15, 0.2) is 24.3 Å². The lowest BCUT2D eigenvalue weighted by atomic mass is 9.97. The zero-order valence-corrected chi connectivity index (χ0v) is 11.1. The van der Waals surface area contributed by atoms with E-state index in [1.807, 2.05) is 0 Å². The highest BCUT2D eigenvalue weighted by Crippen LogP contribution is 2.30. The Hall–Kier alpha value is -1.95. The minimum atomic E-state index is -0.494. The van der Waals surface area contributed by atoms with Crippen molar-refractivity contribution in [3.05, 3.63) is 39.9 Å². The first-order valence-electron chi connectivity index (χ1n) is 6.75. The largest absolute Gasteiger partial charge is 0.396 e. The van der Waals surface area contributed by atoms with Crippen molar-refractivity contribution in [3.63, 3.8) is 0 Å². The maximum Gasteiger partial charge on any atom is 0.269 e. The van der Waals surface area contributed by atoms with Gasteiger partial charge in [0, 0.05) is 30.8 Å². The predicted molar refractivity (Wildman–Crippen MR) is 73.3 cm³/mol. The van der Waals surface area contributed by atoms with Gasteiger partial charge in [0.15, 0.2) is 0 Å². The topological polar surface area (TPSA) is 92.5 Å². The van der Waals surface area contributed by atoms with E-state index in [1.54, 1.807) is 0 Å². The molecule has 0 radical (unpaired) electrons. The van der Waals surface area contributed by atoms with E-state index in [2.05, 4.69) is 5.32 Å². The molecular weight excluding hydrogens is 260 g/mol. The van der Waals surface area contributed by atoms with Gasteiger partial charge in [0.05, 0.1) is 4.92 Å².